The lowest BCUT2D eigenvalue weighted by molar-refractivity contribution is 0.198. The summed E-state index contributed by atoms with van der Waals surface area (Å²) in [4.78, 5) is 4.64. The molecule has 0 aromatic carbocycles. The van der Waals surface area contributed by atoms with Crippen molar-refractivity contribution in [2.45, 2.75) is 38.5 Å². The van der Waals surface area contributed by atoms with Gasteiger partial charge in [-0.2, -0.15) is 0 Å². The predicted molar refractivity (Wildman–Crippen MR) is 72.5 cm³/mol. The second kappa shape index (κ2) is 5.85. The fraction of sp³-hybridized carbons (Fsp3) is 0.929. The second-order valence-electron chi connectivity index (χ2n) is 5.99. The maximum atomic E-state index is 8.27. The first-order valence-corrected chi connectivity index (χ1v) is 7.15. The van der Waals surface area contributed by atoms with Gasteiger partial charge < -0.3 is 9.80 Å². The van der Waals surface area contributed by atoms with Gasteiger partial charge in [0.15, 0.2) is 0 Å². The minimum atomic E-state index is 0.561. The summed E-state index contributed by atoms with van der Waals surface area (Å²) in [6.07, 6.45) is 7.76. The molecule has 0 unspecified atom stereocenters. The first kappa shape index (κ1) is 12.9. The van der Waals surface area contributed by atoms with Crippen molar-refractivity contribution in [3.8, 4) is 0 Å². The maximum absolute atomic E-state index is 8.27. The van der Waals surface area contributed by atoms with Gasteiger partial charge in [0.1, 0.15) is 0 Å². The van der Waals surface area contributed by atoms with Gasteiger partial charge in [-0.15, -0.1) is 0 Å². The number of amidine groups is 1. The number of rotatable bonds is 3. The molecule has 1 saturated heterocycles. The van der Waals surface area contributed by atoms with Crippen LogP contribution in [0.4, 0.5) is 0 Å². The van der Waals surface area contributed by atoms with Gasteiger partial charge in [-0.25, -0.2) is 0 Å². The molecule has 1 N–H and O–H groups in total. The molecule has 0 spiro atoms. The van der Waals surface area contributed by atoms with E-state index >= 15 is 0 Å². The van der Waals surface area contributed by atoms with Crippen LogP contribution in [-0.2, 0) is 0 Å². The minimum absolute atomic E-state index is 0.561. The Bertz CT molecular complexity index is 250. The number of piperidine rings is 1. The average Bonchev–Trinajstić information content (AvgIpc) is 2.84. The number of likely N-dealkylation sites (tertiary alicyclic amines) is 1. The smallest absolute Gasteiger partial charge is 0.0986 e. The highest BCUT2D eigenvalue weighted by molar-refractivity contribution is 5.81. The molecule has 3 nitrogen and oxygen atoms in total. The molecule has 0 atom stereocenters. The Morgan fingerprint density at radius 2 is 1.76 bits per heavy atom. The van der Waals surface area contributed by atoms with Crippen molar-refractivity contribution >= 4 is 5.84 Å². The third-order valence-electron chi connectivity index (χ3n) is 4.52. The second-order valence-corrected chi connectivity index (χ2v) is 5.99. The summed E-state index contributed by atoms with van der Waals surface area (Å²) >= 11 is 0. The van der Waals surface area contributed by atoms with Gasteiger partial charge in [0, 0.05) is 19.5 Å². The third kappa shape index (κ3) is 3.44. The van der Waals surface area contributed by atoms with Crippen molar-refractivity contribution in [1.82, 2.24) is 9.80 Å². The van der Waals surface area contributed by atoms with E-state index in [2.05, 4.69) is 23.9 Å². The summed E-state index contributed by atoms with van der Waals surface area (Å²) in [6, 6.07) is 0. The van der Waals surface area contributed by atoms with E-state index in [1.54, 1.807) is 0 Å². The standard InChI is InChI=1S/C14H27N3/c1-16-9-7-12(8-10-16)11-17(2)14(15)13-5-3-4-6-13/h12-13,15H,3-11H2,1-2H3. The molecule has 2 rings (SSSR count). The highest BCUT2D eigenvalue weighted by atomic mass is 15.2. The van der Waals surface area contributed by atoms with Gasteiger partial charge in [0.2, 0.25) is 0 Å². The molecule has 3 heteroatoms. The van der Waals surface area contributed by atoms with Crippen LogP contribution in [0.15, 0.2) is 0 Å². The van der Waals surface area contributed by atoms with E-state index in [0.29, 0.717) is 5.92 Å². The molecule has 1 aliphatic heterocycles. The molecule has 0 aromatic rings. The zero-order valence-corrected chi connectivity index (χ0v) is 11.4. The van der Waals surface area contributed by atoms with E-state index in [-0.39, 0.29) is 0 Å². The molecule has 0 radical (unpaired) electrons. The summed E-state index contributed by atoms with van der Waals surface area (Å²) in [5.74, 6) is 2.27. The lowest BCUT2D eigenvalue weighted by Crippen LogP contribution is -2.39. The van der Waals surface area contributed by atoms with E-state index in [4.69, 9.17) is 5.41 Å². The molecular formula is C14H27N3. The molecule has 1 heterocycles. The van der Waals surface area contributed by atoms with E-state index in [1.807, 2.05) is 0 Å². The van der Waals surface area contributed by atoms with Gasteiger partial charge in [-0.3, -0.25) is 5.41 Å². The Kier molecular flexibility index (Phi) is 4.43. The van der Waals surface area contributed by atoms with E-state index in [1.165, 1.54) is 51.6 Å². The molecule has 0 bridgehead atoms. The van der Waals surface area contributed by atoms with Crippen LogP contribution in [0.1, 0.15) is 38.5 Å². The van der Waals surface area contributed by atoms with Crippen LogP contribution >= 0.6 is 0 Å². The van der Waals surface area contributed by atoms with Gasteiger partial charge in [-0.1, -0.05) is 12.8 Å². The zero-order chi connectivity index (χ0) is 12.3. The third-order valence-corrected chi connectivity index (χ3v) is 4.52. The lowest BCUT2D eigenvalue weighted by Gasteiger charge is -2.33. The van der Waals surface area contributed by atoms with Gasteiger partial charge >= 0.3 is 0 Å². The van der Waals surface area contributed by atoms with Crippen molar-refractivity contribution < 1.29 is 0 Å². The van der Waals surface area contributed by atoms with Gasteiger partial charge in [-0.05, 0) is 51.7 Å². The average molecular weight is 237 g/mol. The van der Waals surface area contributed by atoms with Crippen molar-refractivity contribution in [3.05, 3.63) is 0 Å². The van der Waals surface area contributed by atoms with Crippen LogP contribution in [0.3, 0.4) is 0 Å². The number of hydrogen-bond acceptors (Lipinski definition) is 2. The van der Waals surface area contributed by atoms with Crippen molar-refractivity contribution in [2.75, 3.05) is 33.7 Å². The monoisotopic (exact) mass is 237 g/mol. The summed E-state index contributed by atoms with van der Waals surface area (Å²) in [7, 11) is 4.33. The Labute approximate surface area is 106 Å². The largest absolute Gasteiger partial charge is 0.363 e. The van der Waals surface area contributed by atoms with Crippen molar-refractivity contribution in [1.29, 1.82) is 5.41 Å². The normalized spacial score (nSPS) is 24.1. The van der Waals surface area contributed by atoms with E-state index in [9.17, 15) is 0 Å². The molecule has 17 heavy (non-hydrogen) atoms. The van der Waals surface area contributed by atoms with Gasteiger partial charge in [0.25, 0.3) is 0 Å². The molecule has 0 amide bonds. The molecular weight excluding hydrogens is 210 g/mol. The highest BCUT2D eigenvalue weighted by Crippen LogP contribution is 2.27. The first-order valence-electron chi connectivity index (χ1n) is 7.15. The van der Waals surface area contributed by atoms with E-state index in [0.717, 1.165) is 18.3 Å². The molecule has 2 fully saturated rings. The Morgan fingerprint density at radius 3 is 2.35 bits per heavy atom. The zero-order valence-electron chi connectivity index (χ0n) is 11.4. The topological polar surface area (TPSA) is 30.3 Å². The minimum Gasteiger partial charge on any atom is -0.363 e. The fourth-order valence-electron chi connectivity index (χ4n) is 3.24. The van der Waals surface area contributed by atoms with Crippen LogP contribution in [-0.4, -0.2) is 49.4 Å². The molecule has 1 aliphatic carbocycles. The summed E-state index contributed by atoms with van der Waals surface area (Å²) in [5.41, 5.74) is 0. The van der Waals surface area contributed by atoms with Crippen LogP contribution < -0.4 is 0 Å². The summed E-state index contributed by atoms with van der Waals surface area (Å²) < 4.78 is 0. The van der Waals surface area contributed by atoms with Crippen LogP contribution in [0.2, 0.25) is 0 Å². The van der Waals surface area contributed by atoms with Crippen LogP contribution in [0.5, 0.6) is 0 Å². The highest BCUT2D eigenvalue weighted by Gasteiger charge is 2.24. The lowest BCUT2D eigenvalue weighted by atomic mass is 9.96. The first-order chi connectivity index (χ1) is 8.16. The van der Waals surface area contributed by atoms with Crippen molar-refractivity contribution in [3.63, 3.8) is 0 Å². The van der Waals surface area contributed by atoms with Gasteiger partial charge in [0.05, 0.1) is 5.84 Å². The quantitative estimate of drug-likeness (QED) is 0.603. The van der Waals surface area contributed by atoms with Crippen LogP contribution in [0.25, 0.3) is 0 Å². The Balaban J connectivity index is 1.76. The number of hydrogen-bond donors (Lipinski definition) is 1. The summed E-state index contributed by atoms with van der Waals surface area (Å²) in [6.45, 7) is 3.56. The molecule has 98 valence electrons. The van der Waals surface area contributed by atoms with Crippen molar-refractivity contribution in [2.24, 2.45) is 11.8 Å². The SMILES string of the molecule is CN1CCC(CN(C)C(=N)C2CCCC2)CC1. The van der Waals surface area contributed by atoms with E-state index < -0.39 is 0 Å². The maximum Gasteiger partial charge on any atom is 0.0986 e. The molecule has 2 aliphatic rings. The number of nitrogens with zero attached hydrogens (tertiary/aromatic N) is 2. The predicted octanol–water partition coefficient (Wildman–Crippen LogP) is 2.43. The summed E-state index contributed by atoms with van der Waals surface area (Å²) in [5, 5.41) is 8.27. The fourth-order valence-corrected chi connectivity index (χ4v) is 3.24. The molecule has 1 saturated carbocycles. The molecule has 0 aromatic heterocycles. The Hall–Kier alpha value is -0.570. The number of nitrogens with one attached hydrogen (secondary N) is 1. The van der Waals surface area contributed by atoms with Crippen LogP contribution in [0, 0.1) is 17.2 Å². The Morgan fingerprint density at radius 1 is 1.18 bits per heavy atom.